The Hall–Kier alpha value is -1.06. The highest BCUT2D eigenvalue weighted by molar-refractivity contribution is 5.28. The van der Waals surface area contributed by atoms with Gasteiger partial charge in [-0.05, 0) is 44.0 Å². The molecule has 0 aliphatic carbocycles. The van der Waals surface area contributed by atoms with Gasteiger partial charge in [0, 0.05) is 6.54 Å². The average Bonchev–Trinajstić information content (AvgIpc) is 2.28. The number of rotatable bonds is 7. The van der Waals surface area contributed by atoms with Crippen molar-refractivity contribution in [3.63, 3.8) is 0 Å². The van der Waals surface area contributed by atoms with E-state index in [0.717, 1.165) is 18.8 Å². The minimum atomic E-state index is -0.465. The molecule has 0 fully saturated rings. The van der Waals surface area contributed by atoms with Crippen LogP contribution in [0, 0.1) is 5.92 Å². The fraction of sp³-hybridized carbons (Fsp3) is 0.600. The second-order valence-corrected chi connectivity index (χ2v) is 5.24. The first-order valence-electron chi connectivity index (χ1n) is 6.63. The van der Waals surface area contributed by atoms with Gasteiger partial charge in [-0.15, -0.1) is 0 Å². The molecule has 0 aliphatic rings. The molecule has 0 spiro atoms. The van der Waals surface area contributed by atoms with Crippen molar-refractivity contribution in [3.05, 3.63) is 29.8 Å². The van der Waals surface area contributed by atoms with Crippen LogP contribution in [0.3, 0.4) is 0 Å². The molecule has 3 heteroatoms. The van der Waals surface area contributed by atoms with Crippen LogP contribution in [0.1, 0.15) is 33.3 Å². The largest absolute Gasteiger partial charge is 0.488 e. The zero-order valence-electron chi connectivity index (χ0n) is 11.8. The molecule has 2 unspecified atom stereocenters. The van der Waals surface area contributed by atoms with Crippen molar-refractivity contribution in [2.75, 3.05) is 6.54 Å². The molecular weight excluding hydrogens is 226 g/mol. The number of nitrogens with one attached hydrogen (secondary N) is 1. The van der Waals surface area contributed by atoms with E-state index in [1.807, 2.05) is 25.1 Å². The lowest BCUT2D eigenvalue weighted by Crippen LogP contribution is -2.25. The van der Waals surface area contributed by atoms with Gasteiger partial charge in [0.1, 0.15) is 11.9 Å². The summed E-state index contributed by atoms with van der Waals surface area (Å²) in [6.45, 7) is 9.84. The van der Waals surface area contributed by atoms with Crippen LogP contribution < -0.4 is 10.1 Å². The summed E-state index contributed by atoms with van der Waals surface area (Å²) in [4.78, 5) is 0. The Balaban J connectivity index is 2.51. The summed E-state index contributed by atoms with van der Waals surface area (Å²) in [5.41, 5.74) is 1.20. The van der Waals surface area contributed by atoms with Crippen molar-refractivity contribution in [1.82, 2.24) is 5.32 Å². The highest BCUT2D eigenvalue weighted by atomic mass is 16.5. The fourth-order valence-electron chi connectivity index (χ4n) is 1.55. The molecule has 1 aromatic carbocycles. The van der Waals surface area contributed by atoms with Crippen LogP contribution >= 0.6 is 0 Å². The van der Waals surface area contributed by atoms with E-state index in [1.165, 1.54) is 5.56 Å². The Morgan fingerprint density at radius 2 is 1.94 bits per heavy atom. The second kappa shape index (κ2) is 7.39. The van der Waals surface area contributed by atoms with Crippen molar-refractivity contribution in [2.45, 2.75) is 46.4 Å². The lowest BCUT2D eigenvalue weighted by Gasteiger charge is -2.17. The van der Waals surface area contributed by atoms with Gasteiger partial charge in [-0.2, -0.15) is 0 Å². The highest BCUT2D eigenvalue weighted by Crippen LogP contribution is 2.16. The number of aliphatic hydroxyl groups excluding tert-OH is 1. The topological polar surface area (TPSA) is 41.5 Å². The molecule has 0 heterocycles. The number of ether oxygens (including phenoxy) is 1. The zero-order chi connectivity index (χ0) is 13.5. The maximum atomic E-state index is 9.42. The van der Waals surface area contributed by atoms with Crippen LogP contribution in [-0.4, -0.2) is 23.9 Å². The average molecular weight is 251 g/mol. The van der Waals surface area contributed by atoms with Gasteiger partial charge in [0.2, 0.25) is 0 Å². The van der Waals surface area contributed by atoms with Crippen LogP contribution in [0.4, 0.5) is 0 Å². The van der Waals surface area contributed by atoms with Gasteiger partial charge in [-0.25, -0.2) is 0 Å². The van der Waals surface area contributed by atoms with Gasteiger partial charge in [-0.3, -0.25) is 0 Å². The summed E-state index contributed by atoms with van der Waals surface area (Å²) in [5, 5.41) is 12.8. The molecule has 18 heavy (non-hydrogen) atoms. The Morgan fingerprint density at radius 3 is 2.56 bits per heavy atom. The maximum Gasteiger partial charge on any atom is 0.121 e. The molecule has 2 N–H and O–H groups in total. The third-order valence-electron chi connectivity index (χ3n) is 2.78. The zero-order valence-corrected chi connectivity index (χ0v) is 11.8. The lowest BCUT2D eigenvalue weighted by atomic mass is 10.2. The van der Waals surface area contributed by atoms with Gasteiger partial charge in [-0.1, -0.05) is 26.0 Å². The molecular formula is C15H25NO2. The summed E-state index contributed by atoms with van der Waals surface area (Å²) in [6, 6.07) is 8.00. The van der Waals surface area contributed by atoms with Crippen LogP contribution in [-0.2, 0) is 6.54 Å². The van der Waals surface area contributed by atoms with E-state index in [0.29, 0.717) is 5.92 Å². The van der Waals surface area contributed by atoms with Crippen LogP contribution in [0.5, 0.6) is 5.75 Å². The Bertz CT molecular complexity index is 350. The van der Waals surface area contributed by atoms with Crippen molar-refractivity contribution in [2.24, 2.45) is 5.92 Å². The van der Waals surface area contributed by atoms with Gasteiger partial charge in [0.05, 0.1) is 6.10 Å². The van der Waals surface area contributed by atoms with Crippen molar-refractivity contribution in [1.29, 1.82) is 0 Å². The standard InChI is InChI=1S/C15H25NO2/c1-11(2)9-16-10-14-6-5-7-15(8-14)18-13(4)12(3)17/h5-8,11-13,16-17H,9-10H2,1-4H3. The van der Waals surface area contributed by atoms with E-state index in [2.05, 4.69) is 25.2 Å². The molecule has 0 aromatic heterocycles. The van der Waals surface area contributed by atoms with E-state index in [1.54, 1.807) is 6.92 Å². The fourth-order valence-corrected chi connectivity index (χ4v) is 1.55. The Kier molecular flexibility index (Phi) is 6.16. The quantitative estimate of drug-likeness (QED) is 0.782. The molecule has 0 radical (unpaired) electrons. The monoisotopic (exact) mass is 251 g/mol. The van der Waals surface area contributed by atoms with E-state index >= 15 is 0 Å². The van der Waals surface area contributed by atoms with Gasteiger partial charge in [0.15, 0.2) is 0 Å². The predicted octanol–water partition coefficient (Wildman–Crippen LogP) is 2.58. The summed E-state index contributed by atoms with van der Waals surface area (Å²) < 4.78 is 5.67. The minimum Gasteiger partial charge on any atom is -0.488 e. The number of aliphatic hydroxyl groups is 1. The van der Waals surface area contributed by atoms with Crippen molar-refractivity contribution in [3.8, 4) is 5.75 Å². The molecule has 2 atom stereocenters. The third-order valence-corrected chi connectivity index (χ3v) is 2.78. The highest BCUT2D eigenvalue weighted by Gasteiger charge is 2.10. The molecule has 1 aromatic rings. The molecule has 0 amide bonds. The van der Waals surface area contributed by atoms with Crippen molar-refractivity contribution < 1.29 is 9.84 Å². The maximum absolute atomic E-state index is 9.42. The van der Waals surface area contributed by atoms with Crippen LogP contribution in [0.25, 0.3) is 0 Å². The van der Waals surface area contributed by atoms with Gasteiger partial charge < -0.3 is 15.2 Å². The molecule has 0 aliphatic heterocycles. The first kappa shape index (κ1) is 15.0. The molecule has 0 saturated heterocycles. The summed E-state index contributed by atoms with van der Waals surface area (Å²) in [5.74, 6) is 1.46. The first-order chi connectivity index (χ1) is 8.49. The number of hydrogen-bond acceptors (Lipinski definition) is 3. The Morgan fingerprint density at radius 1 is 1.22 bits per heavy atom. The normalized spacial score (nSPS) is 14.6. The predicted molar refractivity (Wildman–Crippen MR) is 74.8 cm³/mol. The van der Waals surface area contributed by atoms with E-state index < -0.39 is 6.10 Å². The molecule has 3 nitrogen and oxygen atoms in total. The summed E-state index contributed by atoms with van der Waals surface area (Å²) >= 11 is 0. The minimum absolute atomic E-state index is 0.191. The van der Waals surface area contributed by atoms with E-state index in [4.69, 9.17) is 4.74 Å². The van der Waals surface area contributed by atoms with Crippen LogP contribution in [0.15, 0.2) is 24.3 Å². The molecule has 102 valence electrons. The van der Waals surface area contributed by atoms with E-state index in [9.17, 15) is 5.11 Å². The lowest BCUT2D eigenvalue weighted by molar-refractivity contribution is 0.0604. The number of hydrogen-bond donors (Lipinski definition) is 2. The summed E-state index contributed by atoms with van der Waals surface area (Å²) in [7, 11) is 0. The van der Waals surface area contributed by atoms with Gasteiger partial charge in [0.25, 0.3) is 0 Å². The SMILES string of the molecule is CC(C)CNCc1cccc(OC(C)C(C)O)c1. The van der Waals surface area contributed by atoms with Gasteiger partial charge >= 0.3 is 0 Å². The number of benzene rings is 1. The Labute approximate surface area is 110 Å². The van der Waals surface area contributed by atoms with E-state index in [-0.39, 0.29) is 6.10 Å². The smallest absolute Gasteiger partial charge is 0.121 e. The molecule has 1 rings (SSSR count). The van der Waals surface area contributed by atoms with Crippen LogP contribution in [0.2, 0.25) is 0 Å². The summed E-state index contributed by atoms with van der Waals surface area (Å²) in [6.07, 6.45) is -0.656. The molecule has 0 saturated carbocycles. The molecule has 0 bridgehead atoms. The van der Waals surface area contributed by atoms with Crippen molar-refractivity contribution >= 4 is 0 Å². The third kappa shape index (κ3) is 5.52. The first-order valence-corrected chi connectivity index (χ1v) is 6.63. The second-order valence-electron chi connectivity index (χ2n) is 5.24.